The average Bonchev–Trinajstić information content (AvgIpc) is 3.49. The molecule has 1 aromatic heterocycles. The molecule has 11 nitrogen and oxygen atoms in total. The third-order valence-corrected chi connectivity index (χ3v) is 10.8. The number of carbonyl (C=O) groups is 3. The van der Waals surface area contributed by atoms with E-state index in [0.717, 1.165) is 33.8 Å². The van der Waals surface area contributed by atoms with Crippen molar-refractivity contribution in [3.63, 3.8) is 0 Å². The minimum absolute atomic E-state index is 0.0496. The van der Waals surface area contributed by atoms with E-state index >= 15 is 0 Å². The highest BCUT2D eigenvalue weighted by molar-refractivity contribution is 6.30. The normalized spacial score (nSPS) is 12.3. The lowest BCUT2D eigenvalue weighted by molar-refractivity contribution is -0.120. The van der Waals surface area contributed by atoms with E-state index in [4.69, 9.17) is 16.0 Å². The second-order valence-electron chi connectivity index (χ2n) is 14.4. The number of phenolic OH excluding ortho intramolecular Hbond substituents is 1. The third-order valence-electron chi connectivity index (χ3n) is 10.5. The molecular formula is C46H44ClN5O6. The van der Waals surface area contributed by atoms with Gasteiger partial charge in [0, 0.05) is 101 Å². The lowest BCUT2D eigenvalue weighted by atomic mass is 9.89. The zero-order valence-corrected chi connectivity index (χ0v) is 33.4. The summed E-state index contributed by atoms with van der Waals surface area (Å²) in [4.78, 5) is 45.3. The molecule has 1 atom stereocenters. The largest absolute Gasteiger partial charge is 0.508 e. The first-order valence-corrected chi connectivity index (χ1v) is 19.4. The van der Waals surface area contributed by atoms with Gasteiger partial charge in [0.25, 0.3) is 5.91 Å². The van der Waals surface area contributed by atoms with E-state index in [1.807, 2.05) is 62.3 Å². The van der Waals surface area contributed by atoms with Gasteiger partial charge in [-0.2, -0.15) is 0 Å². The van der Waals surface area contributed by atoms with E-state index in [-0.39, 0.29) is 24.0 Å². The van der Waals surface area contributed by atoms with Crippen LogP contribution in [0.5, 0.6) is 5.75 Å². The fourth-order valence-corrected chi connectivity index (χ4v) is 7.54. The SMILES string of the molecule is CN=c1ccc2c(-c3cc(C(=O)NCCCCNC(=O)Cc4c(C)n(C(O)c5ccc(Cl)cc5)c5ccc(O)cc45)ccc3C=O)c3ccc(N(C)C)cc3oc-2c1. The number of fused-ring (bicyclic) bond motifs is 3. The summed E-state index contributed by atoms with van der Waals surface area (Å²) in [7, 11) is 5.62. The van der Waals surface area contributed by atoms with Crippen molar-refractivity contribution in [2.75, 3.05) is 39.1 Å². The van der Waals surface area contributed by atoms with E-state index in [1.165, 1.54) is 0 Å². The van der Waals surface area contributed by atoms with Gasteiger partial charge in [-0.1, -0.05) is 29.8 Å². The Bertz CT molecular complexity index is 2720. The van der Waals surface area contributed by atoms with Crippen molar-refractivity contribution in [1.82, 2.24) is 15.2 Å². The van der Waals surface area contributed by atoms with Crippen LogP contribution in [0.2, 0.25) is 5.02 Å². The average molecular weight is 798 g/mol. The second kappa shape index (κ2) is 17.0. The Morgan fingerprint density at radius 2 is 1.66 bits per heavy atom. The summed E-state index contributed by atoms with van der Waals surface area (Å²) in [5, 5.41) is 30.3. The van der Waals surface area contributed by atoms with Crippen molar-refractivity contribution < 1.29 is 29.0 Å². The number of halogens is 1. The number of unbranched alkanes of at least 4 members (excludes halogenated alkanes) is 1. The van der Waals surface area contributed by atoms with Crippen molar-refractivity contribution in [3.05, 3.63) is 135 Å². The molecule has 0 spiro atoms. The lowest BCUT2D eigenvalue weighted by Crippen LogP contribution is -2.28. The van der Waals surface area contributed by atoms with Crippen LogP contribution < -0.4 is 20.9 Å². The fourth-order valence-electron chi connectivity index (χ4n) is 7.42. The predicted octanol–water partition coefficient (Wildman–Crippen LogP) is 7.64. The molecule has 2 heterocycles. The molecule has 4 aromatic carbocycles. The number of aldehydes is 1. The molecule has 1 aliphatic carbocycles. The van der Waals surface area contributed by atoms with Gasteiger partial charge in [0.1, 0.15) is 17.1 Å². The number of anilines is 1. The van der Waals surface area contributed by atoms with Crippen LogP contribution in [0.4, 0.5) is 5.69 Å². The Morgan fingerprint density at radius 1 is 0.897 bits per heavy atom. The molecule has 1 unspecified atom stereocenters. The third kappa shape index (κ3) is 8.04. The summed E-state index contributed by atoms with van der Waals surface area (Å²) >= 11 is 6.06. The highest BCUT2D eigenvalue weighted by Gasteiger charge is 2.23. The van der Waals surface area contributed by atoms with Crippen LogP contribution in [0.25, 0.3) is 44.3 Å². The maximum absolute atomic E-state index is 13.5. The number of aliphatic hydroxyl groups excluding tert-OH is 1. The predicted molar refractivity (Wildman–Crippen MR) is 228 cm³/mol. The monoisotopic (exact) mass is 797 g/mol. The summed E-state index contributed by atoms with van der Waals surface area (Å²) in [5.41, 5.74) is 7.34. The highest BCUT2D eigenvalue weighted by Crippen LogP contribution is 2.42. The molecular weight excluding hydrogens is 754 g/mol. The van der Waals surface area contributed by atoms with Crippen LogP contribution in [-0.2, 0) is 11.2 Å². The van der Waals surface area contributed by atoms with Crippen LogP contribution in [0.3, 0.4) is 0 Å². The summed E-state index contributed by atoms with van der Waals surface area (Å²) < 4.78 is 8.12. The van der Waals surface area contributed by atoms with Crippen LogP contribution in [0, 0.1) is 6.92 Å². The van der Waals surface area contributed by atoms with Gasteiger partial charge in [-0.15, -0.1) is 0 Å². The molecule has 0 bridgehead atoms. The molecule has 4 N–H and O–H groups in total. The Kier molecular flexibility index (Phi) is 11.6. The number of hydrogen-bond donors (Lipinski definition) is 4. The number of hydrogen-bond acceptors (Lipinski definition) is 8. The summed E-state index contributed by atoms with van der Waals surface area (Å²) in [5.74, 6) is 0.179. The van der Waals surface area contributed by atoms with Crippen LogP contribution in [-0.4, -0.2) is 67.1 Å². The minimum atomic E-state index is -1.03. The summed E-state index contributed by atoms with van der Waals surface area (Å²) in [6.45, 7) is 2.61. The van der Waals surface area contributed by atoms with Gasteiger partial charge in [-0.05, 0) is 97.6 Å². The topological polar surface area (TPSA) is 149 Å². The molecule has 2 amide bonds. The van der Waals surface area contributed by atoms with Crippen molar-refractivity contribution >= 4 is 57.3 Å². The summed E-state index contributed by atoms with van der Waals surface area (Å²) in [6.07, 6.45) is 1.05. The molecule has 0 fully saturated rings. The van der Waals surface area contributed by atoms with E-state index in [9.17, 15) is 24.6 Å². The van der Waals surface area contributed by atoms with E-state index in [1.54, 1.807) is 72.3 Å². The van der Waals surface area contributed by atoms with Crippen LogP contribution in [0.15, 0.2) is 106 Å². The quantitative estimate of drug-likeness (QED) is 0.0532. The number of aliphatic hydroxyl groups is 1. The number of benzene rings is 5. The highest BCUT2D eigenvalue weighted by atomic mass is 35.5. The van der Waals surface area contributed by atoms with E-state index in [0.29, 0.717) is 86.7 Å². The van der Waals surface area contributed by atoms with Gasteiger partial charge in [-0.3, -0.25) is 19.4 Å². The van der Waals surface area contributed by atoms with Gasteiger partial charge in [0.05, 0.1) is 17.3 Å². The first-order valence-electron chi connectivity index (χ1n) is 19.0. The standard InChI is InChI=1S/C46H44ClN5O6/c1-27-37(39-24-34(54)15-18-40(39)52(27)46(57)28-9-11-31(47)12-10-28)25-43(55)49-19-5-6-20-50-45(56)29-7-8-30(26-53)38(21-29)44-35-16-13-32(48-2)22-41(35)58-42-23-33(51(3)4)14-17-36(42)44/h7-18,21-24,26,46,54,57H,5-6,19-20,25H2,1-4H3,(H,49,55)(H,50,56). The molecule has 2 aliphatic rings. The van der Waals surface area contributed by atoms with Crippen LogP contribution in [0.1, 0.15) is 56.6 Å². The Labute approximate surface area is 340 Å². The zero-order valence-electron chi connectivity index (χ0n) is 32.7. The van der Waals surface area contributed by atoms with Crippen molar-refractivity contribution in [2.45, 2.75) is 32.4 Å². The Hall–Kier alpha value is -6.43. The molecule has 1 aliphatic heterocycles. The molecule has 5 aromatic rings. The van der Waals surface area contributed by atoms with Crippen LogP contribution >= 0.6 is 11.6 Å². The number of nitrogens with one attached hydrogen (secondary N) is 2. The van der Waals surface area contributed by atoms with Gasteiger partial charge in [0.15, 0.2) is 12.5 Å². The number of aromatic hydroxyl groups is 1. The molecule has 296 valence electrons. The van der Waals surface area contributed by atoms with Crippen molar-refractivity contribution in [2.24, 2.45) is 4.99 Å². The van der Waals surface area contributed by atoms with Gasteiger partial charge in [0.2, 0.25) is 5.91 Å². The molecule has 0 saturated carbocycles. The smallest absolute Gasteiger partial charge is 0.251 e. The molecule has 12 heteroatoms. The van der Waals surface area contributed by atoms with E-state index < -0.39 is 6.23 Å². The number of carbonyl (C=O) groups excluding carboxylic acids is 3. The van der Waals surface area contributed by atoms with Crippen molar-refractivity contribution in [1.29, 1.82) is 0 Å². The minimum Gasteiger partial charge on any atom is -0.508 e. The molecule has 0 radical (unpaired) electrons. The Balaban J connectivity index is 1.01. The maximum atomic E-state index is 13.5. The number of amides is 2. The summed E-state index contributed by atoms with van der Waals surface area (Å²) in [6, 6.07) is 28.4. The number of rotatable bonds is 13. The molecule has 7 rings (SSSR count). The Morgan fingerprint density at radius 3 is 2.38 bits per heavy atom. The van der Waals surface area contributed by atoms with E-state index in [2.05, 4.69) is 15.6 Å². The number of nitrogens with zero attached hydrogens (tertiary/aromatic N) is 3. The second-order valence-corrected chi connectivity index (χ2v) is 14.9. The lowest BCUT2D eigenvalue weighted by Gasteiger charge is -2.19. The first kappa shape index (κ1) is 39.8. The first-order chi connectivity index (χ1) is 28.0. The maximum Gasteiger partial charge on any atom is 0.251 e. The van der Waals surface area contributed by atoms with Gasteiger partial charge < -0.3 is 34.7 Å². The fraction of sp³-hybridized carbons (Fsp3) is 0.217. The number of aromatic nitrogens is 1. The molecule has 58 heavy (non-hydrogen) atoms. The van der Waals surface area contributed by atoms with Gasteiger partial charge >= 0.3 is 0 Å². The zero-order chi connectivity index (χ0) is 41.1. The molecule has 0 saturated heterocycles. The number of phenols is 1. The van der Waals surface area contributed by atoms with Gasteiger partial charge in [-0.25, -0.2) is 0 Å². The van der Waals surface area contributed by atoms with Crippen molar-refractivity contribution in [3.8, 4) is 28.2 Å².